The van der Waals surface area contributed by atoms with Gasteiger partial charge in [-0.25, -0.2) is 13.1 Å². The molecule has 0 bridgehead atoms. The Hall–Kier alpha value is -0.0300. The van der Waals surface area contributed by atoms with Crippen LogP contribution in [0.15, 0.2) is 4.99 Å². The Bertz CT molecular complexity index is 452. The van der Waals surface area contributed by atoms with Crippen LogP contribution in [0, 0.1) is 0 Å². The second-order valence-electron chi connectivity index (χ2n) is 6.49. The number of nitrogens with one attached hydrogen (secondary N) is 3. The molecule has 0 aromatic rings. The van der Waals surface area contributed by atoms with E-state index < -0.39 is 10.0 Å². The molecule has 0 fully saturated rings. The number of sulfonamides is 1. The van der Waals surface area contributed by atoms with Gasteiger partial charge in [0.2, 0.25) is 10.0 Å². The van der Waals surface area contributed by atoms with E-state index in [1.807, 2.05) is 6.92 Å². The lowest BCUT2D eigenvalue weighted by molar-refractivity contribution is 0.551. The van der Waals surface area contributed by atoms with Crippen molar-refractivity contribution in [3.8, 4) is 0 Å². The summed E-state index contributed by atoms with van der Waals surface area (Å²) >= 11 is 0. The summed E-state index contributed by atoms with van der Waals surface area (Å²) in [6.45, 7) is 7.22. The molecule has 0 heterocycles. The summed E-state index contributed by atoms with van der Waals surface area (Å²) in [5.41, 5.74) is 10.5. The number of nitrogens with zero attached hydrogens (tertiary/aromatic N) is 1. The summed E-state index contributed by atoms with van der Waals surface area (Å²) in [6, 6.07) is 0. The molecule has 0 radical (unpaired) electrons. The van der Waals surface area contributed by atoms with Gasteiger partial charge in [0.15, 0.2) is 5.96 Å². The van der Waals surface area contributed by atoms with Crippen molar-refractivity contribution >= 4 is 53.2 Å². The van der Waals surface area contributed by atoms with E-state index in [1.54, 1.807) is 0 Å². The summed E-state index contributed by atoms with van der Waals surface area (Å²) in [4.78, 5) is 3.95. The van der Waals surface area contributed by atoms with Crippen LogP contribution < -0.4 is 26.8 Å². The summed E-state index contributed by atoms with van der Waals surface area (Å²) in [7, 11) is -3.06. The highest BCUT2D eigenvalue weighted by Crippen LogP contribution is 1.95. The van der Waals surface area contributed by atoms with Crippen molar-refractivity contribution < 1.29 is 8.42 Å². The zero-order valence-electron chi connectivity index (χ0n) is 17.7. The Kier molecular flexibility index (Phi) is 32.6. The van der Waals surface area contributed by atoms with Gasteiger partial charge in [-0.05, 0) is 71.1 Å². The predicted octanol–water partition coefficient (Wildman–Crippen LogP) is 1.76. The van der Waals surface area contributed by atoms with Crippen LogP contribution in [0.25, 0.3) is 0 Å². The maximum atomic E-state index is 11.6. The summed E-state index contributed by atoms with van der Waals surface area (Å²) in [5.74, 6) is 0.408. The van der Waals surface area contributed by atoms with Gasteiger partial charge in [-0.1, -0.05) is 13.3 Å². The molecule has 0 unspecified atom stereocenters. The molecule has 7 N–H and O–H groups in total. The van der Waals surface area contributed by atoms with Gasteiger partial charge >= 0.3 is 0 Å². The molecule has 29 heavy (non-hydrogen) atoms. The minimum absolute atomic E-state index is 0. The van der Waals surface area contributed by atoms with E-state index in [0.29, 0.717) is 13.1 Å². The van der Waals surface area contributed by atoms with Gasteiger partial charge in [-0.15, -0.1) is 37.2 Å². The first-order chi connectivity index (χ1) is 12.5. The van der Waals surface area contributed by atoms with Gasteiger partial charge in [0.1, 0.15) is 0 Å². The number of guanidine groups is 1. The van der Waals surface area contributed by atoms with Crippen LogP contribution >= 0.6 is 37.2 Å². The molecule has 12 heteroatoms. The maximum absolute atomic E-state index is 11.6. The predicted molar refractivity (Wildman–Crippen MR) is 133 cm³/mol. The number of aliphatic imine (C=N–C) groups is 1. The average molecular weight is 502 g/mol. The van der Waals surface area contributed by atoms with Crippen molar-refractivity contribution in [2.45, 2.75) is 58.3 Å². The Labute approximate surface area is 196 Å². The highest BCUT2D eigenvalue weighted by atomic mass is 35.5. The van der Waals surface area contributed by atoms with Crippen molar-refractivity contribution in [2.24, 2.45) is 16.5 Å². The first-order valence-electron chi connectivity index (χ1n) is 9.92. The molecule has 8 nitrogen and oxygen atoms in total. The SMILES string of the molecule is CCCCS(=O)(=O)NCCCCNCCCCNCCCCN=C(N)N.Cl.Cl.Cl. The number of unbranched alkanes of at least 4 members (excludes halogenated alkanes) is 4. The van der Waals surface area contributed by atoms with E-state index in [4.69, 9.17) is 11.5 Å². The van der Waals surface area contributed by atoms with Crippen LogP contribution in [0.1, 0.15) is 58.3 Å². The Morgan fingerprint density at radius 2 is 1.21 bits per heavy atom. The van der Waals surface area contributed by atoms with Gasteiger partial charge in [-0.3, -0.25) is 4.99 Å². The second kappa shape index (κ2) is 26.0. The third kappa shape index (κ3) is 30.3. The summed E-state index contributed by atoms with van der Waals surface area (Å²) in [6.07, 6.45) is 7.87. The Morgan fingerprint density at radius 3 is 1.66 bits per heavy atom. The maximum Gasteiger partial charge on any atom is 0.211 e. The topological polar surface area (TPSA) is 135 Å². The number of hydrogen-bond acceptors (Lipinski definition) is 5. The van der Waals surface area contributed by atoms with Gasteiger partial charge in [0.05, 0.1) is 5.75 Å². The Balaban J connectivity index is -0.00000104. The fourth-order valence-electron chi connectivity index (χ4n) is 2.33. The monoisotopic (exact) mass is 500 g/mol. The van der Waals surface area contributed by atoms with Crippen LogP contribution in [0.3, 0.4) is 0 Å². The van der Waals surface area contributed by atoms with Gasteiger partial charge in [-0.2, -0.15) is 0 Å². The molecule has 180 valence electrons. The molecule has 0 rings (SSSR count). The lowest BCUT2D eigenvalue weighted by atomic mass is 10.2. The Morgan fingerprint density at radius 1 is 0.759 bits per heavy atom. The third-order valence-corrected chi connectivity index (χ3v) is 5.35. The minimum atomic E-state index is -3.06. The van der Waals surface area contributed by atoms with Crippen LogP contribution in [0.2, 0.25) is 0 Å². The van der Waals surface area contributed by atoms with E-state index in [2.05, 4.69) is 20.3 Å². The van der Waals surface area contributed by atoms with Crippen molar-refractivity contribution in [1.82, 2.24) is 15.4 Å². The zero-order valence-corrected chi connectivity index (χ0v) is 20.9. The fourth-order valence-corrected chi connectivity index (χ4v) is 3.60. The van der Waals surface area contributed by atoms with Crippen molar-refractivity contribution in [1.29, 1.82) is 0 Å². The first kappa shape index (κ1) is 36.3. The van der Waals surface area contributed by atoms with Crippen LogP contribution in [0.4, 0.5) is 0 Å². The van der Waals surface area contributed by atoms with Crippen molar-refractivity contribution in [2.75, 3.05) is 45.0 Å². The smallest absolute Gasteiger partial charge is 0.211 e. The highest BCUT2D eigenvalue weighted by Gasteiger charge is 2.07. The molecule has 0 aliphatic carbocycles. The minimum Gasteiger partial charge on any atom is -0.370 e. The largest absolute Gasteiger partial charge is 0.370 e. The molecular weight excluding hydrogens is 459 g/mol. The quantitative estimate of drug-likeness (QED) is 0.104. The van der Waals surface area contributed by atoms with Crippen molar-refractivity contribution in [3.05, 3.63) is 0 Å². The standard InChI is InChI=1S/C17H40N6O2S.3ClH/c1-2-3-16-26(24,25)23-15-9-7-13-21-11-5-4-10-20-12-6-8-14-22-17(18)19;;;/h20-21,23H,2-16H2,1H3,(H4,18,19,22);3*1H. The first-order valence-corrected chi connectivity index (χ1v) is 11.6. The molecule has 0 aliphatic rings. The lowest BCUT2D eigenvalue weighted by Crippen LogP contribution is -2.28. The van der Waals surface area contributed by atoms with Gasteiger partial charge in [0, 0.05) is 13.1 Å². The average Bonchev–Trinajstić information content (AvgIpc) is 2.59. The fraction of sp³-hybridized carbons (Fsp3) is 0.941. The summed E-state index contributed by atoms with van der Waals surface area (Å²) in [5, 5.41) is 6.82. The zero-order chi connectivity index (χ0) is 19.5. The van der Waals surface area contributed by atoms with Crippen LogP contribution in [-0.2, 0) is 10.0 Å². The molecule has 0 aliphatic heterocycles. The number of rotatable bonds is 19. The molecule has 0 aromatic carbocycles. The van der Waals surface area contributed by atoms with Gasteiger partial charge < -0.3 is 22.1 Å². The number of hydrogen-bond donors (Lipinski definition) is 5. The number of halogens is 3. The van der Waals surface area contributed by atoms with E-state index in [-0.39, 0.29) is 48.9 Å². The van der Waals surface area contributed by atoms with Crippen LogP contribution in [-0.4, -0.2) is 59.4 Å². The molecule has 0 aromatic heterocycles. The van der Waals surface area contributed by atoms with E-state index in [1.165, 1.54) is 0 Å². The molecule has 0 amide bonds. The molecule has 0 saturated carbocycles. The molecule has 0 spiro atoms. The van der Waals surface area contributed by atoms with Crippen molar-refractivity contribution in [3.63, 3.8) is 0 Å². The van der Waals surface area contributed by atoms with Gasteiger partial charge in [0.25, 0.3) is 0 Å². The second-order valence-corrected chi connectivity index (χ2v) is 8.42. The molecular formula is C17H43Cl3N6O2S. The highest BCUT2D eigenvalue weighted by molar-refractivity contribution is 7.89. The normalized spacial score (nSPS) is 10.4. The third-order valence-electron chi connectivity index (χ3n) is 3.88. The summed E-state index contributed by atoms with van der Waals surface area (Å²) < 4.78 is 25.9. The molecule has 0 atom stereocenters. The number of nitrogens with two attached hydrogens (primary N) is 2. The lowest BCUT2D eigenvalue weighted by Gasteiger charge is -2.07. The molecule has 0 saturated heterocycles. The van der Waals surface area contributed by atoms with E-state index in [0.717, 1.165) is 77.5 Å². The van der Waals surface area contributed by atoms with E-state index in [9.17, 15) is 8.42 Å². The van der Waals surface area contributed by atoms with Crippen LogP contribution in [0.5, 0.6) is 0 Å². The van der Waals surface area contributed by atoms with E-state index >= 15 is 0 Å².